The average molecular weight is 362 g/mol. The number of hydrogen-bond acceptors (Lipinski definition) is 7. The molecule has 0 aromatic carbocycles. The maximum absolute atomic E-state index is 9.72. The molecule has 3 aliphatic heterocycles. The van der Waals surface area contributed by atoms with Crippen molar-refractivity contribution in [1.29, 1.82) is 5.26 Å². The van der Waals surface area contributed by atoms with Gasteiger partial charge in [0.05, 0.1) is 36.7 Å². The van der Waals surface area contributed by atoms with E-state index in [0.29, 0.717) is 30.7 Å². The van der Waals surface area contributed by atoms with Crippen LogP contribution in [0.5, 0.6) is 0 Å². The highest BCUT2D eigenvalue weighted by Crippen LogP contribution is 2.37. The van der Waals surface area contributed by atoms with Crippen LogP contribution < -0.4 is 9.80 Å². The fourth-order valence-corrected chi connectivity index (χ4v) is 4.64. The van der Waals surface area contributed by atoms with E-state index in [1.165, 1.54) is 0 Å². The van der Waals surface area contributed by atoms with Gasteiger partial charge in [0.2, 0.25) is 0 Å². The van der Waals surface area contributed by atoms with Crippen LogP contribution in [0.25, 0.3) is 0 Å². The first-order valence-electron chi connectivity index (χ1n) is 9.62. The first kappa shape index (κ1) is 16.5. The number of anilines is 2. The Morgan fingerprint density at radius 3 is 3.00 bits per heavy atom. The number of fused-ring (bicyclic) bond motifs is 2. The molecule has 5 heterocycles. The highest BCUT2D eigenvalue weighted by molar-refractivity contribution is 5.58. The van der Waals surface area contributed by atoms with Crippen LogP contribution in [0.4, 0.5) is 11.6 Å². The average Bonchev–Trinajstić information content (AvgIpc) is 3.16. The fraction of sp³-hybridized carbons (Fsp3) is 0.500. The van der Waals surface area contributed by atoms with Crippen LogP contribution in [0, 0.1) is 17.2 Å². The maximum Gasteiger partial charge on any atom is 0.147 e. The van der Waals surface area contributed by atoms with Crippen LogP contribution in [-0.2, 0) is 17.8 Å². The van der Waals surface area contributed by atoms with Gasteiger partial charge in [-0.1, -0.05) is 0 Å². The Balaban J connectivity index is 1.46. The number of nitriles is 1. The Kier molecular flexibility index (Phi) is 4.13. The van der Waals surface area contributed by atoms with E-state index in [4.69, 9.17) is 9.72 Å². The van der Waals surface area contributed by atoms with Crippen molar-refractivity contribution in [2.45, 2.75) is 31.9 Å². The molecule has 2 fully saturated rings. The molecule has 7 nitrogen and oxygen atoms in total. The van der Waals surface area contributed by atoms with Crippen LogP contribution in [0.15, 0.2) is 24.7 Å². The van der Waals surface area contributed by atoms with E-state index in [1.807, 2.05) is 12.3 Å². The van der Waals surface area contributed by atoms with Crippen molar-refractivity contribution in [2.24, 2.45) is 5.92 Å². The monoisotopic (exact) mass is 362 g/mol. The van der Waals surface area contributed by atoms with E-state index < -0.39 is 0 Å². The summed E-state index contributed by atoms with van der Waals surface area (Å²) in [6.07, 6.45) is 8.40. The second-order valence-electron chi connectivity index (χ2n) is 7.49. The van der Waals surface area contributed by atoms with Crippen LogP contribution in [0.2, 0.25) is 0 Å². The normalized spacial score (nSPS) is 24.3. The second-order valence-corrected chi connectivity index (χ2v) is 7.49. The van der Waals surface area contributed by atoms with E-state index in [9.17, 15) is 5.26 Å². The molecular weight excluding hydrogens is 340 g/mol. The molecule has 0 amide bonds. The third kappa shape index (κ3) is 2.90. The molecule has 7 heteroatoms. The minimum absolute atomic E-state index is 0.359. The molecule has 0 spiro atoms. The van der Waals surface area contributed by atoms with Gasteiger partial charge in [0.15, 0.2) is 0 Å². The van der Waals surface area contributed by atoms with Gasteiger partial charge in [-0.3, -0.25) is 4.98 Å². The van der Waals surface area contributed by atoms with Gasteiger partial charge < -0.3 is 14.5 Å². The zero-order valence-corrected chi connectivity index (χ0v) is 15.2. The predicted molar refractivity (Wildman–Crippen MR) is 100 cm³/mol. The van der Waals surface area contributed by atoms with Gasteiger partial charge in [0, 0.05) is 44.0 Å². The number of aromatic nitrogens is 3. The molecule has 0 saturated carbocycles. The summed E-state index contributed by atoms with van der Waals surface area (Å²) in [6, 6.07) is 4.70. The second kappa shape index (κ2) is 6.78. The molecule has 2 atom stereocenters. The number of piperidine rings is 1. The number of pyridine rings is 1. The lowest BCUT2D eigenvalue weighted by Crippen LogP contribution is -2.49. The molecule has 5 rings (SSSR count). The number of hydrogen-bond donors (Lipinski definition) is 0. The summed E-state index contributed by atoms with van der Waals surface area (Å²) in [5.41, 5.74) is 2.80. The van der Waals surface area contributed by atoms with Gasteiger partial charge >= 0.3 is 0 Å². The lowest BCUT2D eigenvalue weighted by atomic mass is 9.92. The van der Waals surface area contributed by atoms with E-state index in [-0.39, 0.29) is 0 Å². The van der Waals surface area contributed by atoms with Gasteiger partial charge in [0.25, 0.3) is 0 Å². The first-order valence-corrected chi connectivity index (χ1v) is 9.62. The predicted octanol–water partition coefficient (Wildman–Crippen LogP) is 1.92. The highest BCUT2D eigenvalue weighted by atomic mass is 16.5. The maximum atomic E-state index is 9.72. The zero-order chi connectivity index (χ0) is 18.2. The van der Waals surface area contributed by atoms with E-state index in [2.05, 4.69) is 25.8 Å². The van der Waals surface area contributed by atoms with Crippen molar-refractivity contribution in [1.82, 2.24) is 15.0 Å². The molecule has 2 aromatic rings. The van der Waals surface area contributed by atoms with Gasteiger partial charge in [-0.25, -0.2) is 9.97 Å². The summed E-state index contributed by atoms with van der Waals surface area (Å²) in [6.45, 7) is 4.13. The van der Waals surface area contributed by atoms with Crippen molar-refractivity contribution in [3.63, 3.8) is 0 Å². The number of ether oxygens (including phenoxy) is 1. The Morgan fingerprint density at radius 1 is 1.22 bits per heavy atom. The smallest absolute Gasteiger partial charge is 0.147 e. The largest absolute Gasteiger partial charge is 0.376 e. The van der Waals surface area contributed by atoms with Gasteiger partial charge in [0.1, 0.15) is 17.7 Å². The Hall–Kier alpha value is -2.72. The van der Waals surface area contributed by atoms with Crippen LogP contribution in [0.1, 0.15) is 29.7 Å². The van der Waals surface area contributed by atoms with Crippen molar-refractivity contribution in [3.8, 4) is 6.07 Å². The minimum atomic E-state index is 0.359. The van der Waals surface area contributed by atoms with Crippen molar-refractivity contribution >= 4 is 11.6 Å². The van der Waals surface area contributed by atoms with E-state index in [1.54, 1.807) is 12.4 Å². The van der Waals surface area contributed by atoms with Gasteiger partial charge in [-0.15, -0.1) is 0 Å². The highest BCUT2D eigenvalue weighted by Gasteiger charge is 2.40. The van der Waals surface area contributed by atoms with Crippen molar-refractivity contribution < 1.29 is 4.74 Å². The first-order chi connectivity index (χ1) is 13.3. The Bertz CT molecular complexity index is 880. The third-order valence-corrected chi connectivity index (χ3v) is 6.04. The van der Waals surface area contributed by atoms with E-state index in [0.717, 1.165) is 61.8 Å². The molecule has 0 N–H and O–H groups in total. The van der Waals surface area contributed by atoms with Crippen LogP contribution in [0.3, 0.4) is 0 Å². The summed E-state index contributed by atoms with van der Waals surface area (Å²) in [4.78, 5) is 18.3. The molecule has 2 unspecified atom stereocenters. The molecule has 138 valence electrons. The number of rotatable bonds is 2. The number of nitrogens with zero attached hydrogens (tertiary/aromatic N) is 6. The summed E-state index contributed by atoms with van der Waals surface area (Å²) in [7, 11) is 0. The lowest BCUT2D eigenvalue weighted by molar-refractivity contribution is 0.109. The molecule has 2 saturated heterocycles. The summed E-state index contributed by atoms with van der Waals surface area (Å²) < 4.78 is 5.53. The van der Waals surface area contributed by atoms with E-state index >= 15 is 0 Å². The van der Waals surface area contributed by atoms with Gasteiger partial charge in [-0.2, -0.15) is 5.26 Å². The van der Waals surface area contributed by atoms with Gasteiger partial charge in [-0.05, 0) is 24.8 Å². The summed E-state index contributed by atoms with van der Waals surface area (Å²) in [5, 5.41) is 9.72. The molecule has 27 heavy (non-hydrogen) atoms. The Labute approximate surface area is 158 Å². The molecule has 2 aromatic heterocycles. The standard InChI is InChI=1S/C20H22N6O/c21-10-15-9-16-13-27-8-3-17(16)24-20(15)26-7-2-14-1-6-25(12-18(14)26)19-11-22-4-5-23-19/h4-5,9,11,14,18H,1-3,6-8,12-13H2. The SMILES string of the molecule is N#Cc1cc2c(nc1N1CCC3CCN(c4cnccn4)CC31)CCOC2. The van der Waals surface area contributed by atoms with Crippen LogP contribution in [-0.4, -0.2) is 47.2 Å². The minimum Gasteiger partial charge on any atom is -0.376 e. The quantitative estimate of drug-likeness (QED) is 0.807. The lowest BCUT2D eigenvalue weighted by Gasteiger charge is -2.39. The fourth-order valence-electron chi connectivity index (χ4n) is 4.64. The topological polar surface area (TPSA) is 78.2 Å². The van der Waals surface area contributed by atoms with Crippen molar-refractivity contribution in [2.75, 3.05) is 36.0 Å². The van der Waals surface area contributed by atoms with Crippen LogP contribution >= 0.6 is 0 Å². The zero-order valence-electron chi connectivity index (χ0n) is 15.2. The summed E-state index contributed by atoms with van der Waals surface area (Å²) in [5.74, 6) is 2.43. The molecule has 3 aliphatic rings. The molecular formula is C20H22N6O. The molecule has 0 radical (unpaired) electrons. The Morgan fingerprint density at radius 2 is 2.15 bits per heavy atom. The summed E-state index contributed by atoms with van der Waals surface area (Å²) >= 11 is 0. The molecule has 0 aliphatic carbocycles. The third-order valence-electron chi connectivity index (χ3n) is 6.04. The van der Waals surface area contributed by atoms with Crippen molar-refractivity contribution in [3.05, 3.63) is 41.5 Å². The molecule has 0 bridgehead atoms.